The highest BCUT2D eigenvalue weighted by atomic mass is 35.5. The molecule has 0 bridgehead atoms. The summed E-state index contributed by atoms with van der Waals surface area (Å²) in [6.45, 7) is 0.627. The highest BCUT2D eigenvalue weighted by Gasteiger charge is 2.28. The lowest BCUT2D eigenvalue weighted by molar-refractivity contribution is 0.316. The molecule has 0 amide bonds. The first-order chi connectivity index (χ1) is 10.4. The average Bonchev–Trinajstić information content (AvgIpc) is 3.08. The number of ether oxygens (including phenoxy) is 1. The molecule has 0 saturated heterocycles. The monoisotopic (exact) mass is 299 g/mol. The quantitative estimate of drug-likeness (QED) is 0.697. The summed E-state index contributed by atoms with van der Waals surface area (Å²) in [6.07, 6.45) is 4.33. The first-order valence-corrected chi connectivity index (χ1v) is 7.50. The lowest BCUT2D eigenvalue weighted by Gasteiger charge is -2.15. The van der Waals surface area contributed by atoms with E-state index in [4.69, 9.17) is 16.3 Å². The van der Waals surface area contributed by atoms with Crippen molar-refractivity contribution in [3.63, 3.8) is 0 Å². The molecular weight excluding hydrogens is 286 g/mol. The molecule has 0 aliphatic carbocycles. The minimum Gasteiger partial charge on any atom is -0.491 e. The Kier molecular flexibility index (Phi) is 3.04. The third-order valence-electron chi connectivity index (χ3n) is 3.87. The van der Waals surface area contributed by atoms with Gasteiger partial charge in [0.1, 0.15) is 23.7 Å². The van der Waals surface area contributed by atoms with Crippen LogP contribution < -0.4 is 4.74 Å². The molecule has 106 valence electrons. The third kappa shape index (κ3) is 1.98. The van der Waals surface area contributed by atoms with Gasteiger partial charge in [-0.1, -0.05) is 18.2 Å². The lowest BCUT2D eigenvalue weighted by atomic mass is 10.1. The van der Waals surface area contributed by atoms with E-state index in [-0.39, 0.29) is 6.04 Å². The molecule has 3 heterocycles. The first kappa shape index (κ1) is 12.7. The van der Waals surface area contributed by atoms with Gasteiger partial charge in [-0.05, 0) is 12.1 Å². The second kappa shape index (κ2) is 5.04. The summed E-state index contributed by atoms with van der Waals surface area (Å²) in [4.78, 5) is 8.84. The van der Waals surface area contributed by atoms with Crippen LogP contribution in [0.5, 0.6) is 5.75 Å². The summed E-state index contributed by atoms with van der Waals surface area (Å²) < 4.78 is 8.06. The average molecular weight is 300 g/mol. The number of fused-ring (bicyclic) bond motifs is 2. The Bertz CT molecular complexity index is 799. The number of halogens is 1. The fourth-order valence-electron chi connectivity index (χ4n) is 2.97. The zero-order valence-corrected chi connectivity index (χ0v) is 12.1. The molecule has 1 aliphatic rings. The van der Waals surface area contributed by atoms with E-state index in [1.165, 1.54) is 5.56 Å². The number of para-hydroxylation sites is 1. The van der Waals surface area contributed by atoms with Crippen LogP contribution in [0.25, 0.3) is 11.0 Å². The number of hydrogen-bond donors (Lipinski definition) is 0. The normalized spacial score (nSPS) is 16.9. The van der Waals surface area contributed by atoms with Crippen molar-refractivity contribution in [3.05, 3.63) is 54.1 Å². The Morgan fingerprint density at radius 2 is 2.19 bits per heavy atom. The van der Waals surface area contributed by atoms with E-state index >= 15 is 0 Å². The Hall–Kier alpha value is -2.07. The minimum atomic E-state index is 0.145. The maximum Gasteiger partial charge on any atom is 0.124 e. The summed E-state index contributed by atoms with van der Waals surface area (Å²) in [5.74, 6) is 2.49. The van der Waals surface area contributed by atoms with E-state index in [9.17, 15) is 0 Å². The zero-order chi connectivity index (χ0) is 14.2. The van der Waals surface area contributed by atoms with Gasteiger partial charge in [0.25, 0.3) is 0 Å². The molecule has 21 heavy (non-hydrogen) atoms. The molecule has 3 aromatic rings. The van der Waals surface area contributed by atoms with Gasteiger partial charge in [-0.2, -0.15) is 0 Å². The van der Waals surface area contributed by atoms with Gasteiger partial charge in [0.2, 0.25) is 0 Å². The minimum absolute atomic E-state index is 0.145. The Morgan fingerprint density at radius 1 is 1.29 bits per heavy atom. The van der Waals surface area contributed by atoms with Crippen molar-refractivity contribution in [1.82, 2.24) is 14.5 Å². The third-order valence-corrected chi connectivity index (χ3v) is 4.06. The fraction of sp³-hybridized carbons (Fsp3) is 0.250. The number of aryl methyl sites for hydroxylation is 1. The number of pyridine rings is 1. The molecule has 1 unspecified atom stereocenters. The summed E-state index contributed by atoms with van der Waals surface area (Å²) >= 11 is 5.94. The number of aromatic nitrogens is 3. The van der Waals surface area contributed by atoms with Crippen LogP contribution in [0.4, 0.5) is 0 Å². The molecule has 0 saturated carbocycles. The summed E-state index contributed by atoms with van der Waals surface area (Å²) in [5, 5.41) is 0. The Morgan fingerprint density at radius 3 is 3.10 bits per heavy atom. The van der Waals surface area contributed by atoms with E-state index in [0.717, 1.165) is 29.0 Å². The number of alkyl halides is 1. The van der Waals surface area contributed by atoms with Gasteiger partial charge < -0.3 is 9.30 Å². The predicted octanol–water partition coefficient (Wildman–Crippen LogP) is 3.19. The number of nitrogens with zero attached hydrogens (tertiary/aromatic N) is 3. The first-order valence-electron chi connectivity index (χ1n) is 6.97. The van der Waals surface area contributed by atoms with E-state index in [0.29, 0.717) is 12.5 Å². The van der Waals surface area contributed by atoms with Crippen LogP contribution in [0, 0.1) is 0 Å². The van der Waals surface area contributed by atoms with Crippen molar-refractivity contribution < 1.29 is 4.74 Å². The van der Waals surface area contributed by atoms with Crippen molar-refractivity contribution in [3.8, 4) is 5.75 Å². The van der Waals surface area contributed by atoms with Gasteiger partial charge in [0.05, 0.1) is 17.8 Å². The molecular formula is C16H14ClN3O. The van der Waals surface area contributed by atoms with E-state index in [1.807, 2.05) is 24.3 Å². The molecule has 0 fully saturated rings. The summed E-state index contributed by atoms with van der Waals surface area (Å²) in [7, 11) is 0. The zero-order valence-electron chi connectivity index (χ0n) is 11.4. The predicted molar refractivity (Wildman–Crippen MR) is 82.0 cm³/mol. The van der Waals surface area contributed by atoms with Gasteiger partial charge in [0.15, 0.2) is 0 Å². The van der Waals surface area contributed by atoms with Gasteiger partial charge in [-0.3, -0.25) is 4.98 Å². The molecule has 1 aromatic carbocycles. The molecule has 4 nitrogen and oxygen atoms in total. The number of imidazole rings is 1. The van der Waals surface area contributed by atoms with Crippen LogP contribution in [-0.4, -0.2) is 27.0 Å². The smallest absolute Gasteiger partial charge is 0.124 e. The van der Waals surface area contributed by atoms with Crippen molar-refractivity contribution in [2.24, 2.45) is 0 Å². The SMILES string of the molecule is ClCCc1nc2cnccc2n1C1COc2ccccc21. The second-order valence-electron chi connectivity index (χ2n) is 5.07. The van der Waals surface area contributed by atoms with Gasteiger partial charge in [0, 0.05) is 24.1 Å². The molecule has 0 spiro atoms. The van der Waals surface area contributed by atoms with Crippen LogP contribution in [0.3, 0.4) is 0 Å². The lowest BCUT2D eigenvalue weighted by Crippen LogP contribution is -2.15. The van der Waals surface area contributed by atoms with Crippen LogP contribution >= 0.6 is 11.6 Å². The molecule has 0 radical (unpaired) electrons. The standard InChI is InChI=1S/C16H14ClN3O/c17-7-5-16-19-12-9-18-8-6-13(12)20(16)14-10-21-15-4-2-1-3-11(14)15/h1-4,6,8-9,14H,5,7,10H2. The largest absolute Gasteiger partial charge is 0.491 e. The maximum atomic E-state index is 5.94. The van der Waals surface area contributed by atoms with Crippen LogP contribution in [0.1, 0.15) is 17.4 Å². The highest BCUT2D eigenvalue weighted by molar-refractivity contribution is 6.17. The summed E-state index contributed by atoms with van der Waals surface area (Å²) in [6, 6.07) is 10.3. The molecule has 4 rings (SSSR count). The van der Waals surface area contributed by atoms with Crippen LogP contribution in [0.15, 0.2) is 42.7 Å². The number of benzene rings is 1. The number of rotatable bonds is 3. The van der Waals surface area contributed by atoms with E-state index < -0.39 is 0 Å². The van der Waals surface area contributed by atoms with Crippen molar-refractivity contribution in [1.29, 1.82) is 0 Å². The van der Waals surface area contributed by atoms with Crippen LogP contribution in [0.2, 0.25) is 0 Å². The van der Waals surface area contributed by atoms with E-state index in [2.05, 4.69) is 20.6 Å². The molecule has 0 N–H and O–H groups in total. The topological polar surface area (TPSA) is 39.9 Å². The van der Waals surface area contributed by atoms with E-state index in [1.54, 1.807) is 12.4 Å². The molecule has 1 aliphatic heterocycles. The fourth-order valence-corrected chi connectivity index (χ4v) is 3.14. The van der Waals surface area contributed by atoms with Gasteiger partial charge >= 0.3 is 0 Å². The van der Waals surface area contributed by atoms with Crippen LogP contribution in [-0.2, 0) is 6.42 Å². The van der Waals surface area contributed by atoms with Crippen molar-refractivity contribution in [2.45, 2.75) is 12.5 Å². The Balaban J connectivity index is 1.92. The molecule has 5 heteroatoms. The van der Waals surface area contributed by atoms with Crippen molar-refractivity contribution in [2.75, 3.05) is 12.5 Å². The van der Waals surface area contributed by atoms with Gasteiger partial charge in [-0.25, -0.2) is 4.98 Å². The number of hydrogen-bond acceptors (Lipinski definition) is 3. The summed E-state index contributed by atoms with van der Waals surface area (Å²) in [5.41, 5.74) is 3.18. The van der Waals surface area contributed by atoms with Crippen molar-refractivity contribution >= 4 is 22.6 Å². The van der Waals surface area contributed by atoms with Gasteiger partial charge in [-0.15, -0.1) is 11.6 Å². The maximum absolute atomic E-state index is 5.94. The Labute approximate surface area is 127 Å². The molecule has 1 atom stereocenters. The molecule has 2 aromatic heterocycles. The highest BCUT2D eigenvalue weighted by Crippen LogP contribution is 2.37. The second-order valence-corrected chi connectivity index (χ2v) is 5.44.